The smallest absolute Gasteiger partial charge is 0.141 e. The lowest BCUT2D eigenvalue weighted by molar-refractivity contribution is 0.475. The van der Waals surface area contributed by atoms with Gasteiger partial charge in [-0.1, -0.05) is 18.2 Å². The number of para-hydroxylation sites is 1. The van der Waals surface area contributed by atoms with Crippen molar-refractivity contribution in [2.24, 2.45) is 0 Å². The number of nitriles is 1. The molecule has 0 atom stereocenters. The standard InChI is InChI=1S/C27H21F2N3O/c28-20-11-19(12-21(29)14-20)24-16-31-25-8-7-17(22-6-4-5-18(15-30)27(22)33)13-23(25)26(24)32-9-2-1-3-10-32/h4-8,11-14,16,33H,1-3,9-10H2. The predicted octanol–water partition coefficient (Wildman–Crippen LogP) is 6.41. The quantitative estimate of drug-likeness (QED) is 0.399. The van der Waals surface area contributed by atoms with Crippen molar-refractivity contribution >= 4 is 16.6 Å². The van der Waals surface area contributed by atoms with Crippen LogP contribution >= 0.6 is 0 Å². The zero-order valence-electron chi connectivity index (χ0n) is 17.9. The number of phenols is 1. The molecule has 1 fully saturated rings. The summed E-state index contributed by atoms with van der Waals surface area (Å²) in [6, 6.07) is 16.2. The van der Waals surface area contributed by atoms with Crippen LogP contribution in [-0.4, -0.2) is 23.2 Å². The second kappa shape index (κ2) is 8.51. The summed E-state index contributed by atoms with van der Waals surface area (Å²) in [7, 11) is 0. The van der Waals surface area contributed by atoms with Gasteiger partial charge in [-0.25, -0.2) is 8.78 Å². The minimum atomic E-state index is -0.637. The molecule has 0 bridgehead atoms. The van der Waals surface area contributed by atoms with Gasteiger partial charge in [-0.2, -0.15) is 5.26 Å². The molecule has 1 aliphatic heterocycles. The number of fused-ring (bicyclic) bond motifs is 1. The fourth-order valence-corrected chi connectivity index (χ4v) is 4.59. The molecule has 1 N–H and O–H groups in total. The SMILES string of the molecule is N#Cc1cccc(-c2ccc3ncc(-c4cc(F)cc(F)c4)c(N4CCCCC4)c3c2)c1O. The largest absolute Gasteiger partial charge is 0.506 e. The van der Waals surface area contributed by atoms with E-state index in [1.54, 1.807) is 24.4 Å². The first kappa shape index (κ1) is 20.9. The van der Waals surface area contributed by atoms with Crippen LogP contribution in [-0.2, 0) is 0 Å². The van der Waals surface area contributed by atoms with Crippen molar-refractivity contribution in [3.63, 3.8) is 0 Å². The molecular formula is C27H21F2N3O. The summed E-state index contributed by atoms with van der Waals surface area (Å²) < 4.78 is 28.1. The van der Waals surface area contributed by atoms with E-state index in [4.69, 9.17) is 0 Å². The van der Waals surface area contributed by atoms with E-state index in [0.717, 1.165) is 60.6 Å². The Balaban J connectivity index is 1.77. The van der Waals surface area contributed by atoms with Gasteiger partial charge in [0.15, 0.2) is 0 Å². The highest BCUT2D eigenvalue weighted by molar-refractivity contribution is 6.02. The number of hydrogen-bond donors (Lipinski definition) is 1. The third kappa shape index (κ3) is 3.87. The monoisotopic (exact) mass is 441 g/mol. The van der Waals surface area contributed by atoms with Crippen molar-refractivity contribution in [3.8, 4) is 34.1 Å². The summed E-state index contributed by atoms with van der Waals surface area (Å²) in [5.74, 6) is -1.35. The average molecular weight is 441 g/mol. The van der Waals surface area contributed by atoms with Gasteiger partial charge in [-0.05, 0) is 60.7 Å². The first-order chi connectivity index (χ1) is 16.0. The number of benzene rings is 3. The fraction of sp³-hybridized carbons (Fsp3) is 0.185. The molecule has 4 nitrogen and oxygen atoms in total. The minimum Gasteiger partial charge on any atom is -0.506 e. The number of piperidine rings is 1. The third-order valence-corrected chi connectivity index (χ3v) is 6.15. The number of halogens is 2. The Bertz CT molecular complexity index is 1380. The molecule has 0 radical (unpaired) electrons. The second-order valence-electron chi connectivity index (χ2n) is 8.27. The molecular weight excluding hydrogens is 420 g/mol. The molecule has 0 unspecified atom stereocenters. The Labute approximate surface area is 190 Å². The van der Waals surface area contributed by atoms with Crippen molar-refractivity contribution in [2.75, 3.05) is 18.0 Å². The molecule has 33 heavy (non-hydrogen) atoms. The van der Waals surface area contributed by atoms with Crippen molar-refractivity contribution < 1.29 is 13.9 Å². The van der Waals surface area contributed by atoms with Gasteiger partial charge in [0, 0.05) is 41.9 Å². The van der Waals surface area contributed by atoms with Crippen LogP contribution < -0.4 is 4.90 Å². The molecule has 1 saturated heterocycles. The van der Waals surface area contributed by atoms with Crippen molar-refractivity contribution in [2.45, 2.75) is 19.3 Å². The third-order valence-electron chi connectivity index (χ3n) is 6.15. The van der Waals surface area contributed by atoms with Crippen LogP contribution in [0.2, 0.25) is 0 Å². The van der Waals surface area contributed by atoms with Gasteiger partial charge in [-0.3, -0.25) is 4.98 Å². The Kier molecular flexibility index (Phi) is 5.39. The van der Waals surface area contributed by atoms with Crippen LogP contribution in [0.25, 0.3) is 33.2 Å². The zero-order valence-corrected chi connectivity index (χ0v) is 17.9. The minimum absolute atomic E-state index is 0.0739. The summed E-state index contributed by atoms with van der Waals surface area (Å²) in [5.41, 5.74) is 4.20. The molecule has 0 amide bonds. The summed E-state index contributed by atoms with van der Waals surface area (Å²) in [6.07, 6.45) is 4.88. The van der Waals surface area contributed by atoms with Crippen LogP contribution in [0.4, 0.5) is 14.5 Å². The maximum absolute atomic E-state index is 14.1. The molecule has 0 spiro atoms. The summed E-state index contributed by atoms with van der Waals surface area (Å²) in [6.45, 7) is 1.67. The average Bonchev–Trinajstić information content (AvgIpc) is 2.83. The normalized spacial score (nSPS) is 13.8. The summed E-state index contributed by atoms with van der Waals surface area (Å²) in [5, 5.41) is 20.7. The predicted molar refractivity (Wildman–Crippen MR) is 125 cm³/mol. The first-order valence-electron chi connectivity index (χ1n) is 10.9. The number of nitrogens with zero attached hydrogens (tertiary/aromatic N) is 3. The maximum atomic E-state index is 14.1. The van der Waals surface area contributed by atoms with E-state index in [9.17, 15) is 19.1 Å². The highest BCUT2D eigenvalue weighted by Crippen LogP contribution is 2.41. The van der Waals surface area contributed by atoms with Crippen LogP contribution in [0, 0.1) is 23.0 Å². The molecule has 5 rings (SSSR count). The summed E-state index contributed by atoms with van der Waals surface area (Å²) in [4.78, 5) is 6.83. The lowest BCUT2D eigenvalue weighted by Crippen LogP contribution is -2.30. The molecule has 6 heteroatoms. The number of phenolic OH excluding ortho intramolecular Hbond substituents is 1. The first-order valence-corrected chi connectivity index (χ1v) is 10.9. The van der Waals surface area contributed by atoms with Crippen LogP contribution in [0.15, 0.2) is 60.8 Å². The molecule has 164 valence electrons. The van der Waals surface area contributed by atoms with Gasteiger partial charge in [0.05, 0.1) is 16.8 Å². The van der Waals surface area contributed by atoms with E-state index in [0.29, 0.717) is 16.7 Å². The molecule has 0 saturated carbocycles. The Morgan fingerprint density at radius 1 is 0.879 bits per heavy atom. The Morgan fingerprint density at radius 2 is 1.64 bits per heavy atom. The van der Waals surface area contributed by atoms with Gasteiger partial charge in [-0.15, -0.1) is 0 Å². The van der Waals surface area contributed by atoms with Gasteiger partial charge in [0.2, 0.25) is 0 Å². The van der Waals surface area contributed by atoms with Gasteiger partial charge in [0.1, 0.15) is 23.5 Å². The molecule has 1 aromatic heterocycles. The van der Waals surface area contributed by atoms with E-state index < -0.39 is 11.6 Å². The van der Waals surface area contributed by atoms with Crippen molar-refractivity contribution in [3.05, 3.63) is 78.0 Å². The van der Waals surface area contributed by atoms with Crippen molar-refractivity contribution in [1.29, 1.82) is 5.26 Å². The number of aromatic hydroxyl groups is 1. The number of pyridine rings is 1. The number of aromatic nitrogens is 1. The molecule has 0 aliphatic carbocycles. The van der Waals surface area contributed by atoms with Crippen LogP contribution in [0.3, 0.4) is 0 Å². The number of rotatable bonds is 3. The maximum Gasteiger partial charge on any atom is 0.141 e. The fourth-order valence-electron chi connectivity index (χ4n) is 4.59. The lowest BCUT2D eigenvalue weighted by Gasteiger charge is -2.32. The van der Waals surface area contributed by atoms with Gasteiger partial charge >= 0.3 is 0 Å². The summed E-state index contributed by atoms with van der Waals surface area (Å²) >= 11 is 0. The zero-order chi connectivity index (χ0) is 22.9. The van der Waals surface area contributed by atoms with Crippen molar-refractivity contribution in [1.82, 2.24) is 4.98 Å². The van der Waals surface area contributed by atoms with Crippen LogP contribution in [0.5, 0.6) is 5.75 Å². The number of hydrogen-bond acceptors (Lipinski definition) is 4. The molecule has 4 aromatic rings. The van der Waals surface area contributed by atoms with E-state index in [1.165, 1.54) is 12.1 Å². The number of anilines is 1. The van der Waals surface area contributed by atoms with E-state index in [2.05, 4.69) is 9.88 Å². The topological polar surface area (TPSA) is 60.2 Å². The highest BCUT2D eigenvalue weighted by atomic mass is 19.1. The highest BCUT2D eigenvalue weighted by Gasteiger charge is 2.21. The van der Waals surface area contributed by atoms with E-state index in [-0.39, 0.29) is 11.3 Å². The van der Waals surface area contributed by atoms with Gasteiger partial charge in [0.25, 0.3) is 0 Å². The molecule has 3 aromatic carbocycles. The second-order valence-corrected chi connectivity index (χ2v) is 8.27. The lowest BCUT2D eigenvalue weighted by atomic mass is 9.96. The Morgan fingerprint density at radius 3 is 2.36 bits per heavy atom. The molecule has 2 heterocycles. The van der Waals surface area contributed by atoms with E-state index >= 15 is 0 Å². The molecule has 1 aliphatic rings. The van der Waals surface area contributed by atoms with E-state index in [1.807, 2.05) is 24.3 Å². The van der Waals surface area contributed by atoms with Crippen LogP contribution in [0.1, 0.15) is 24.8 Å². The Hall–Kier alpha value is -3.98. The van der Waals surface area contributed by atoms with Gasteiger partial charge < -0.3 is 10.0 Å².